The Morgan fingerprint density at radius 3 is 2.52 bits per heavy atom. The quantitative estimate of drug-likeness (QED) is 0.367. The number of halogens is 1. The van der Waals surface area contributed by atoms with Crippen molar-refractivity contribution in [1.29, 1.82) is 0 Å². The van der Waals surface area contributed by atoms with Gasteiger partial charge in [0.25, 0.3) is 5.91 Å². The Bertz CT molecular complexity index is 1250. The monoisotopic (exact) mass is 482 g/mol. The van der Waals surface area contributed by atoms with Crippen LogP contribution in [0.1, 0.15) is 16.1 Å². The molecule has 0 spiro atoms. The Morgan fingerprint density at radius 2 is 1.82 bits per heavy atom. The highest BCUT2D eigenvalue weighted by atomic mass is 35.5. The molecule has 0 bridgehead atoms. The Morgan fingerprint density at radius 1 is 1.06 bits per heavy atom. The molecule has 33 heavy (non-hydrogen) atoms. The van der Waals surface area contributed by atoms with Crippen molar-refractivity contribution >= 4 is 40.9 Å². The molecule has 2 N–H and O–H groups in total. The molecule has 2 amide bonds. The molecule has 0 aliphatic rings. The van der Waals surface area contributed by atoms with Crippen molar-refractivity contribution in [2.45, 2.75) is 11.7 Å². The van der Waals surface area contributed by atoms with Crippen molar-refractivity contribution in [1.82, 2.24) is 25.5 Å². The minimum absolute atomic E-state index is 0.164. The third-order valence-corrected chi connectivity index (χ3v) is 5.82. The topological polar surface area (TPSA) is 115 Å². The molecular formula is C22H19ClN6O3S. The molecular weight excluding hydrogens is 464 g/mol. The van der Waals surface area contributed by atoms with E-state index in [-0.39, 0.29) is 24.1 Å². The lowest BCUT2D eigenvalue weighted by Crippen LogP contribution is -2.22. The maximum Gasteiger partial charge on any atom is 0.251 e. The van der Waals surface area contributed by atoms with Gasteiger partial charge >= 0.3 is 0 Å². The van der Waals surface area contributed by atoms with Gasteiger partial charge in [0.1, 0.15) is 11.5 Å². The number of rotatable bonds is 8. The summed E-state index contributed by atoms with van der Waals surface area (Å²) in [6.45, 7) is 0.249. The number of nitrogens with one attached hydrogen (secondary N) is 2. The number of tetrazole rings is 1. The number of aryl methyl sites for hydroxylation is 1. The highest BCUT2D eigenvalue weighted by molar-refractivity contribution is 7.99. The molecule has 9 nitrogen and oxygen atoms in total. The number of hydrogen-bond acceptors (Lipinski definition) is 7. The fraction of sp³-hybridized carbons (Fsp3) is 0.136. The molecule has 0 aliphatic heterocycles. The smallest absolute Gasteiger partial charge is 0.251 e. The van der Waals surface area contributed by atoms with Crippen molar-refractivity contribution < 1.29 is 14.0 Å². The van der Waals surface area contributed by atoms with Gasteiger partial charge in [-0.3, -0.25) is 9.59 Å². The predicted octanol–water partition coefficient (Wildman–Crippen LogP) is 3.78. The van der Waals surface area contributed by atoms with Crippen LogP contribution in [0, 0.1) is 0 Å². The zero-order valence-corrected chi connectivity index (χ0v) is 19.1. The standard InChI is InChI=1S/C22H19ClN6O3S/c1-29-22(26-27-28-29)33-13-20(30)25-17-8-4-15(5-9-17)21(31)24-12-18-10-11-19(32-18)14-2-6-16(23)7-3-14/h2-11H,12-13H2,1H3,(H,24,31)(H,25,30). The van der Waals surface area contributed by atoms with Crippen molar-refractivity contribution in [3.8, 4) is 11.3 Å². The predicted molar refractivity (Wildman–Crippen MR) is 125 cm³/mol. The van der Waals surface area contributed by atoms with E-state index in [1.807, 2.05) is 24.3 Å². The van der Waals surface area contributed by atoms with Gasteiger partial charge in [-0.15, -0.1) is 5.10 Å². The minimum Gasteiger partial charge on any atom is -0.459 e. The van der Waals surface area contributed by atoms with Crippen LogP contribution >= 0.6 is 23.4 Å². The maximum absolute atomic E-state index is 12.5. The Kier molecular flexibility index (Phi) is 7.06. The number of thioether (sulfide) groups is 1. The van der Waals surface area contributed by atoms with Crippen molar-refractivity contribution in [3.05, 3.63) is 77.0 Å². The Hall–Kier alpha value is -3.63. The molecule has 11 heteroatoms. The third-order valence-electron chi connectivity index (χ3n) is 4.56. The molecule has 0 aliphatic carbocycles. The van der Waals surface area contributed by atoms with Gasteiger partial charge in [0.15, 0.2) is 0 Å². The number of benzene rings is 2. The Balaban J connectivity index is 1.26. The first-order valence-corrected chi connectivity index (χ1v) is 11.2. The average Bonchev–Trinajstić information content (AvgIpc) is 3.46. The normalized spacial score (nSPS) is 10.7. The van der Waals surface area contributed by atoms with Gasteiger partial charge in [0, 0.05) is 28.9 Å². The number of amides is 2. The highest BCUT2D eigenvalue weighted by Gasteiger charge is 2.11. The number of anilines is 1. The van der Waals surface area contributed by atoms with Crippen molar-refractivity contribution in [2.75, 3.05) is 11.1 Å². The van der Waals surface area contributed by atoms with E-state index in [0.717, 1.165) is 5.56 Å². The van der Waals surface area contributed by atoms with Crippen LogP contribution in [0.5, 0.6) is 0 Å². The fourth-order valence-electron chi connectivity index (χ4n) is 2.89. The van der Waals surface area contributed by atoms with E-state index in [1.54, 1.807) is 43.4 Å². The number of hydrogen-bond donors (Lipinski definition) is 2. The van der Waals surface area contributed by atoms with Gasteiger partial charge in [0.05, 0.1) is 12.3 Å². The molecule has 168 valence electrons. The van der Waals surface area contributed by atoms with E-state index in [1.165, 1.54) is 16.4 Å². The molecule has 0 fully saturated rings. The molecule has 4 rings (SSSR count). The first-order valence-electron chi connectivity index (χ1n) is 9.86. The second-order valence-corrected chi connectivity index (χ2v) is 8.33. The lowest BCUT2D eigenvalue weighted by atomic mass is 10.2. The van der Waals surface area contributed by atoms with E-state index < -0.39 is 0 Å². The summed E-state index contributed by atoms with van der Waals surface area (Å²) in [5.41, 5.74) is 1.96. The summed E-state index contributed by atoms with van der Waals surface area (Å²) >= 11 is 7.14. The van der Waals surface area contributed by atoms with Crippen molar-refractivity contribution in [2.24, 2.45) is 7.05 Å². The fourth-order valence-corrected chi connectivity index (χ4v) is 3.66. The molecule has 0 unspecified atom stereocenters. The summed E-state index contributed by atoms with van der Waals surface area (Å²) in [5.74, 6) is 1.05. The van der Waals surface area contributed by atoms with Crippen LogP contribution in [-0.2, 0) is 18.4 Å². The van der Waals surface area contributed by atoms with Gasteiger partial charge in [-0.05, 0) is 71.1 Å². The maximum atomic E-state index is 12.5. The van der Waals surface area contributed by atoms with Crippen molar-refractivity contribution in [3.63, 3.8) is 0 Å². The van der Waals surface area contributed by atoms with Gasteiger partial charge < -0.3 is 15.1 Å². The number of furan rings is 1. The summed E-state index contributed by atoms with van der Waals surface area (Å²) in [6, 6.07) is 17.6. The summed E-state index contributed by atoms with van der Waals surface area (Å²) in [6.07, 6.45) is 0. The highest BCUT2D eigenvalue weighted by Crippen LogP contribution is 2.24. The van der Waals surface area contributed by atoms with E-state index >= 15 is 0 Å². The van der Waals surface area contributed by atoms with Gasteiger partial charge in [-0.1, -0.05) is 23.4 Å². The summed E-state index contributed by atoms with van der Waals surface area (Å²) in [5, 5.41) is 17.9. The molecule has 2 aromatic carbocycles. The molecule has 2 aromatic heterocycles. The number of aromatic nitrogens is 4. The zero-order chi connectivity index (χ0) is 23.2. The molecule has 4 aromatic rings. The zero-order valence-electron chi connectivity index (χ0n) is 17.5. The van der Waals surface area contributed by atoms with Crippen LogP contribution in [0.25, 0.3) is 11.3 Å². The Labute approximate surface area is 198 Å². The van der Waals surface area contributed by atoms with Gasteiger partial charge in [-0.2, -0.15) is 0 Å². The number of carbonyl (C=O) groups is 2. The van der Waals surface area contributed by atoms with Crippen LogP contribution in [0.4, 0.5) is 5.69 Å². The summed E-state index contributed by atoms with van der Waals surface area (Å²) in [4.78, 5) is 24.6. The molecule has 0 saturated carbocycles. The lowest BCUT2D eigenvalue weighted by molar-refractivity contribution is -0.113. The van der Waals surface area contributed by atoms with Crippen LogP contribution in [-0.4, -0.2) is 37.8 Å². The number of carbonyl (C=O) groups excluding carboxylic acids is 2. The van der Waals surface area contributed by atoms with Crippen LogP contribution in [0.15, 0.2) is 70.2 Å². The molecule has 0 saturated heterocycles. The number of nitrogens with zero attached hydrogens (tertiary/aromatic N) is 4. The van der Waals surface area contributed by atoms with Crippen LogP contribution < -0.4 is 10.6 Å². The largest absolute Gasteiger partial charge is 0.459 e. The summed E-state index contributed by atoms with van der Waals surface area (Å²) in [7, 11) is 1.70. The van der Waals surface area contributed by atoms with E-state index in [0.29, 0.717) is 33.0 Å². The second-order valence-electron chi connectivity index (χ2n) is 6.95. The molecule has 2 heterocycles. The van der Waals surface area contributed by atoms with E-state index in [9.17, 15) is 9.59 Å². The third kappa shape index (κ3) is 5.99. The average molecular weight is 483 g/mol. The van der Waals surface area contributed by atoms with E-state index in [2.05, 4.69) is 26.2 Å². The molecule has 0 radical (unpaired) electrons. The van der Waals surface area contributed by atoms with E-state index in [4.69, 9.17) is 16.0 Å². The van der Waals surface area contributed by atoms with Gasteiger partial charge in [0.2, 0.25) is 11.1 Å². The SMILES string of the molecule is Cn1nnnc1SCC(=O)Nc1ccc(C(=O)NCc2ccc(-c3ccc(Cl)cc3)o2)cc1. The molecule has 0 atom stereocenters. The van der Waals surface area contributed by atoms with Crippen LogP contribution in [0.2, 0.25) is 5.02 Å². The minimum atomic E-state index is -0.248. The van der Waals surface area contributed by atoms with Gasteiger partial charge in [-0.25, -0.2) is 4.68 Å². The summed E-state index contributed by atoms with van der Waals surface area (Å²) < 4.78 is 7.29. The van der Waals surface area contributed by atoms with Crippen LogP contribution in [0.3, 0.4) is 0 Å². The first kappa shape index (κ1) is 22.6. The second kappa shape index (κ2) is 10.3. The first-order chi connectivity index (χ1) is 16.0. The lowest BCUT2D eigenvalue weighted by Gasteiger charge is -2.07.